The fourth-order valence-corrected chi connectivity index (χ4v) is 1.60. The molecule has 1 aromatic carbocycles. The summed E-state index contributed by atoms with van der Waals surface area (Å²) in [6.45, 7) is 4.75. The number of rotatable bonds is 9. The van der Waals surface area contributed by atoms with Gasteiger partial charge in [-0.15, -0.1) is 0 Å². The van der Waals surface area contributed by atoms with Gasteiger partial charge in [0.1, 0.15) is 5.75 Å². The molecule has 7 heteroatoms. The molecule has 0 saturated carbocycles. The van der Waals surface area contributed by atoms with E-state index >= 15 is 0 Å². The van der Waals surface area contributed by atoms with Gasteiger partial charge < -0.3 is 14.9 Å². The van der Waals surface area contributed by atoms with Crippen molar-refractivity contribution in [2.45, 2.75) is 26.7 Å². The third-order valence-electron chi connectivity index (χ3n) is 2.73. The second kappa shape index (κ2) is 11.1. The van der Waals surface area contributed by atoms with Gasteiger partial charge in [-0.2, -0.15) is 0 Å². The molecule has 1 rings (SSSR count). The van der Waals surface area contributed by atoms with Crippen LogP contribution in [-0.4, -0.2) is 37.9 Å². The Morgan fingerprint density at radius 1 is 1.22 bits per heavy atom. The first-order valence-electron chi connectivity index (χ1n) is 7.61. The van der Waals surface area contributed by atoms with Crippen molar-refractivity contribution in [2.75, 3.05) is 19.8 Å². The van der Waals surface area contributed by atoms with Gasteiger partial charge in [0, 0.05) is 6.54 Å². The minimum Gasteiger partial charge on any atom is -0.494 e. The van der Waals surface area contributed by atoms with E-state index < -0.39 is 11.9 Å². The highest BCUT2D eigenvalue weighted by Gasteiger charge is 2.06. The molecule has 0 saturated heterocycles. The van der Waals surface area contributed by atoms with E-state index in [-0.39, 0.29) is 6.61 Å². The smallest absolute Gasteiger partial charge is 0.321 e. The Morgan fingerprint density at radius 2 is 1.96 bits per heavy atom. The lowest BCUT2D eigenvalue weighted by Crippen LogP contribution is -2.41. The molecular formula is C16H23N3O4. The zero-order valence-corrected chi connectivity index (χ0v) is 13.5. The molecule has 0 aromatic heterocycles. The molecule has 0 bridgehead atoms. The van der Waals surface area contributed by atoms with E-state index in [2.05, 4.69) is 15.8 Å². The molecule has 3 amide bonds. The Kier molecular flexibility index (Phi) is 8.88. The molecule has 0 heterocycles. The molecule has 0 aliphatic rings. The predicted molar refractivity (Wildman–Crippen MR) is 87.6 cm³/mol. The summed E-state index contributed by atoms with van der Waals surface area (Å²) in [6.07, 6.45) is 3.31. The zero-order chi connectivity index (χ0) is 16.9. The first kappa shape index (κ1) is 18.5. The van der Waals surface area contributed by atoms with Gasteiger partial charge in [-0.25, -0.2) is 4.79 Å². The fraction of sp³-hybridized carbons (Fsp3) is 0.438. The van der Waals surface area contributed by atoms with Crippen molar-refractivity contribution in [3.05, 3.63) is 29.8 Å². The zero-order valence-electron chi connectivity index (χ0n) is 13.5. The number of unbranched alkanes of at least 4 members (excludes halogenated alkanes) is 1. The van der Waals surface area contributed by atoms with Gasteiger partial charge in [0.25, 0.3) is 5.91 Å². The average molecular weight is 321 g/mol. The molecule has 126 valence electrons. The molecule has 1 aromatic rings. The monoisotopic (exact) mass is 321 g/mol. The molecular weight excluding hydrogens is 298 g/mol. The lowest BCUT2D eigenvalue weighted by Gasteiger charge is -2.05. The van der Waals surface area contributed by atoms with Crippen LogP contribution in [0.1, 0.15) is 32.3 Å². The highest BCUT2D eigenvalue weighted by molar-refractivity contribution is 5.94. The lowest BCUT2D eigenvalue weighted by molar-refractivity contribution is -0.124. The Labute approximate surface area is 136 Å². The molecule has 0 atom stereocenters. The molecule has 0 unspecified atom stereocenters. The van der Waals surface area contributed by atoms with E-state index in [4.69, 9.17) is 9.57 Å². The molecule has 7 nitrogen and oxygen atoms in total. The molecule has 23 heavy (non-hydrogen) atoms. The topological polar surface area (TPSA) is 89.0 Å². The van der Waals surface area contributed by atoms with Crippen LogP contribution in [0.3, 0.4) is 0 Å². The highest BCUT2D eigenvalue weighted by atomic mass is 16.6. The first-order valence-corrected chi connectivity index (χ1v) is 7.61. The number of urea groups is 1. The van der Waals surface area contributed by atoms with Crippen LogP contribution >= 0.6 is 0 Å². The van der Waals surface area contributed by atoms with Crippen LogP contribution in [-0.2, 0) is 9.63 Å². The Balaban J connectivity index is 2.24. The predicted octanol–water partition coefficient (Wildman–Crippen LogP) is 2.06. The van der Waals surface area contributed by atoms with Gasteiger partial charge in [0.2, 0.25) is 0 Å². The van der Waals surface area contributed by atoms with Crippen LogP contribution in [0, 0.1) is 0 Å². The minimum absolute atomic E-state index is 0.325. The summed E-state index contributed by atoms with van der Waals surface area (Å²) in [5.41, 5.74) is 0.811. The third kappa shape index (κ3) is 8.45. The summed E-state index contributed by atoms with van der Waals surface area (Å²) in [6, 6.07) is 6.75. The molecule has 0 aliphatic carbocycles. The van der Waals surface area contributed by atoms with E-state index in [9.17, 15) is 9.59 Å². The van der Waals surface area contributed by atoms with Crippen LogP contribution in [0.5, 0.6) is 5.75 Å². The van der Waals surface area contributed by atoms with Gasteiger partial charge in [0.05, 0.1) is 12.8 Å². The summed E-state index contributed by atoms with van der Waals surface area (Å²) in [7, 11) is 0. The number of nitrogens with one attached hydrogen (secondary N) is 2. The molecule has 0 spiro atoms. The van der Waals surface area contributed by atoms with Crippen LogP contribution in [0.15, 0.2) is 29.4 Å². The quantitative estimate of drug-likeness (QED) is 0.414. The second-order valence-corrected chi connectivity index (χ2v) is 4.67. The van der Waals surface area contributed by atoms with Crippen molar-refractivity contribution in [1.82, 2.24) is 10.6 Å². The molecule has 0 aliphatic heterocycles. The molecule has 0 fully saturated rings. The van der Waals surface area contributed by atoms with Crippen LogP contribution in [0.2, 0.25) is 0 Å². The number of ether oxygens (including phenoxy) is 1. The van der Waals surface area contributed by atoms with Crippen molar-refractivity contribution in [3.63, 3.8) is 0 Å². The average Bonchev–Trinajstić information content (AvgIpc) is 2.53. The van der Waals surface area contributed by atoms with Crippen molar-refractivity contribution >= 4 is 18.2 Å². The van der Waals surface area contributed by atoms with Crippen molar-refractivity contribution in [3.8, 4) is 5.75 Å². The number of hydrogen-bond acceptors (Lipinski definition) is 5. The Morgan fingerprint density at radius 3 is 2.61 bits per heavy atom. The number of imide groups is 1. The van der Waals surface area contributed by atoms with E-state index in [0.29, 0.717) is 13.2 Å². The number of carbonyl (C=O) groups excluding carboxylic acids is 2. The van der Waals surface area contributed by atoms with Gasteiger partial charge in [-0.1, -0.05) is 18.5 Å². The van der Waals surface area contributed by atoms with Gasteiger partial charge in [-0.3, -0.25) is 10.1 Å². The van der Waals surface area contributed by atoms with Gasteiger partial charge in [0.15, 0.2) is 6.61 Å². The maximum Gasteiger partial charge on any atom is 0.321 e. The number of hydrogen-bond donors (Lipinski definition) is 2. The highest BCUT2D eigenvalue weighted by Crippen LogP contribution is 2.10. The fourth-order valence-electron chi connectivity index (χ4n) is 1.60. The minimum atomic E-state index is -0.553. The maximum absolute atomic E-state index is 11.4. The van der Waals surface area contributed by atoms with Crippen LogP contribution in [0.25, 0.3) is 0 Å². The largest absolute Gasteiger partial charge is 0.494 e. The number of amides is 3. The van der Waals surface area contributed by atoms with E-state index in [1.54, 1.807) is 0 Å². The summed E-state index contributed by atoms with van der Waals surface area (Å²) >= 11 is 0. The second-order valence-electron chi connectivity index (χ2n) is 4.67. The SMILES string of the molecule is CCCCNC(=O)NC(=O)CO/N=C\c1ccc(OCC)cc1. The molecule has 2 N–H and O–H groups in total. The Hall–Kier alpha value is -2.57. The van der Waals surface area contributed by atoms with E-state index in [1.807, 2.05) is 38.1 Å². The Bertz CT molecular complexity index is 515. The third-order valence-corrected chi connectivity index (χ3v) is 2.73. The summed E-state index contributed by atoms with van der Waals surface area (Å²) < 4.78 is 5.32. The van der Waals surface area contributed by atoms with Crippen molar-refractivity contribution in [1.29, 1.82) is 0 Å². The van der Waals surface area contributed by atoms with Gasteiger partial charge in [-0.05, 0) is 43.2 Å². The van der Waals surface area contributed by atoms with Crippen LogP contribution < -0.4 is 15.4 Å². The lowest BCUT2D eigenvalue weighted by atomic mass is 10.2. The number of nitrogens with zero attached hydrogens (tertiary/aromatic N) is 1. The summed E-state index contributed by atoms with van der Waals surface area (Å²) in [4.78, 5) is 27.6. The van der Waals surface area contributed by atoms with Gasteiger partial charge >= 0.3 is 6.03 Å². The van der Waals surface area contributed by atoms with Crippen molar-refractivity contribution < 1.29 is 19.2 Å². The number of oxime groups is 1. The summed E-state index contributed by atoms with van der Waals surface area (Å²) in [5, 5.41) is 8.41. The van der Waals surface area contributed by atoms with E-state index in [1.165, 1.54) is 6.21 Å². The first-order chi connectivity index (χ1) is 11.2. The summed E-state index contributed by atoms with van der Waals surface area (Å²) in [5.74, 6) is 0.224. The number of carbonyl (C=O) groups is 2. The van der Waals surface area contributed by atoms with E-state index in [0.717, 1.165) is 24.2 Å². The van der Waals surface area contributed by atoms with Crippen LogP contribution in [0.4, 0.5) is 4.79 Å². The molecule has 0 radical (unpaired) electrons. The standard InChI is InChI=1S/C16H23N3O4/c1-3-5-10-17-16(21)19-15(20)12-23-18-11-13-6-8-14(9-7-13)22-4-2/h6-9,11H,3-5,10,12H2,1-2H3,(H2,17,19,20,21)/b18-11-. The van der Waals surface area contributed by atoms with Crippen molar-refractivity contribution in [2.24, 2.45) is 5.16 Å². The number of benzene rings is 1. The normalized spacial score (nSPS) is 10.3. The maximum atomic E-state index is 11.4.